The molecule has 1 aromatic carbocycles. The molecule has 1 aliphatic rings. The van der Waals surface area contributed by atoms with E-state index in [-0.39, 0.29) is 6.10 Å². The summed E-state index contributed by atoms with van der Waals surface area (Å²) in [5.74, 6) is 1.04. The van der Waals surface area contributed by atoms with Crippen LogP contribution in [0.25, 0.3) is 0 Å². The van der Waals surface area contributed by atoms with Gasteiger partial charge in [0.05, 0.1) is 12.7 Å². The summed E-state index contributed by atoms with van der Waals surface area (Å²) < 4.78 is 11.1. The van der Waals surface area contributed by atoms with Crippen LogP contribution >= 0.6 is 11.6 Å². The maximum Gasteiger partial charge on any atom is 0.125 e. The summed E-state index contributed by atoms with van der Waals surface area (Å²) in [6.07, 6.45) is 3.08. The van der Waals surface area contributed by atoms with Crippen molar-refractivity contribution in [1.82, 2.24) is 5.32 Å². The number of ether oxygens (including phenoxy) is 2. The van der Waals surface area contributed by atoms with Crippen molar-refractivity contribution >= 4 is 11.6 Å². The Balaban J connectivity index is 2.13. The van der Waals surface area contributed by atoms with Crippen LogP contribution in [0.15, 0.2) is 12.1 Å². The van der Waals surface area contributed by atoms with Gasteiger partial charge in [0.1, 0.15) is 5.75 Å². The number of hydrogen-bond donors (Lipinski definition) is 1. The molecule has 0 saturated carbocycles. The molecule has 0 fully saturated rings. The van der Waals surface area contributed by atoms with Crippen LogP contribution in [0.3, 0.4) is 0 Å². The van der Waals surface area contributed by atoms with Gasteiger partial charge in [-0.05, 0) is 50.1 Å². The van der Waals surface area contributed by atoms with Gasteiger partial charge in [0.2, 0.25) is 0 Å². The molecule has 2 atom stereocenters. The van der Waals surface area contributed by atoms with Gasteiger partial charge < -0.3 is 14.8 Å². The Kier molecular flexibility index (Phi) is 5.08. The average molecular weight is 284 g/mol. The molecule has 1 aromatic rings. The number of halogens is 1. The van der Waals surface area contributed by atoms with Crippen LogP contribution in [0.5, 0.6) is 5.75 Å². The van der Waals surface area contributed by atoms with E-state index in [1.54, 1.807) is 7.11 Å². The zero-order chi connectivity index (χ0) is 13.8. The largest absolute Gasteiger partial charge is 0.493 e. The highest BCUT2D eigenvalue weighted by molar-refractivity contribution is 6.30. The van der Waals surface area contributed by atoms with Crippen LogP contribution in [0.4, 0.5) is 0 Å². The zero-order valence-corrected chi connectivity index (χ0v) is 12.6. The first-order valence-electron chi connectivity index (χ1n) is 6.78. The van der Waals surface area contributed by atoms with E-state index in [2.05, 4.69) is 12.2 Å². The van der Waals surface area contributed by atoms with Gasteiger partial charge in [-0.15, -0.1) is 0 Å². The first-order valence-corrected chi connectivity index (χ1v) is 7.16. The molecule has 0 saturated heterocycles. The van der Waals surface area contributed by atoms with Gasteiger partial charge in [-0.1, -0.05) is 11.6 Å². The van der Waals surface area contributed by atoms with E-state index in [4.69, 9.17) is 21.1 Å². The molecule has 1 aliphatic heterocycles. The first kappa shape index (κ1) is 14.6. The summed E-state index contributed by atoms with van der Waals surface area (Å²) in [4.78, 5) is 0. The lowest BCUT2D eigenvalue weighted by Gasteiger charge is -2.21. The van der Waals surface area contributed by atoms with Crippen molar-refractivity contribution < 1.29 is 9.47 Å². The third-order valence-electron chi connectivity index (χ3n) is 3.72. The van der Waals surface area contributed by atoms with Crippen LogP contribution in [-0.4, -0.2) is 32.9 Å². The Morgan fingerprint density at radius 3 is 2.95 bits per heavy atom. The van der Waals surface area contributed by atoms with E-state index in [9.17, 15) is 0 Å². The summed E-state index contributed by atoms with van der Waals surface area (Å²) in [6.45, 7) is 2.85. The molecule has 0 spiro atoms. The number of nitrogens with one attached hydrogen (secondary N) is 1. The highest BCUT2D eigenvalue weighted by Crippen LogP contribution is 2.33. The van der Waals surface area contributed by atoms with Gasteiger partial charge in [-0.2, -0.15) is 0 Å². The van der Waals surface area contributed by atoms with E-state index in [1.165, 1.54) is 11.1 Å². The normalized spacial score (nSPS) is 16.8. The van der Waals surface area contributed by atoms with Crippen LogP contribution in [0, 0.1) is 0 Å². The second-order valence-corrected chi connectivity index (χ2v) is 5.56. The van der Waals surface area contributed by atoms with Crippen molar-refractivity contribution in [2.24, 2.45) is 0 Å². The molecule has 3 nitrogen and oxygen atoms in total. The van der Waals surface area contributed by atoms with Gasteiger partial charge in [-0.3, -0.25) is 0 Å². The maximum absolute atomic E-state index is 6.19. The van der Waals surface area contributed by atoms with Crippen LogP contribution in [-0.2, 0) is 17.6 Å². The Morgan fingerprint density at radius 1 is 1.47 bits per heavy atom. The van der Waals surface area contributed by atoms with Crippen molar-refractivity contribution in [3.63, 3.8) is 0 Å². The number of rotatable bonds is 6. The van der Waals surface area contributed by atoms with Crippen LogP contribution in [0.1, 0.15) is 24.5 Å². The number of hydrogen-bond acceptors (Lipinski definition) is 3. The molecule has 1 N–H and O–H groups in total. The van der Waals surface area contributed by atoms with Gasteiger partial charge in [0, 0.05) is 24.6 Å². The summed E-state index contributed by atoms with van der Waals surface area (Å²) in [7, 11) is 3.73. The van der Waals surface area contributed by atoms with E-state index in [1.807, 2.05) is 19.2 Å². The molecule has 2 rings (SSSR count). The third-order valence-corrected chi connectivity index (χ3v) is 3.94. The highest BCUT2D eigenvalue weighted by atomic mass is 35.5. The topological polar surface area (TPSA) is 30.5 Å². The number of likely N-dealkylation sites (N-methyl/N-ethyl adjacent to an activating group) is 1. The van der Waals surface area contributed by atoms with Gasteiger partial charge in [0.25, 0.3) is 0 Å². The van der Waals surface area contributed by atoms with Gasteiger partial charge >= 0.3 is 0 Å². The predicted octanol–water partition coefficient (Wildman–Crippen LogP) is 2.83. The second-order valence-electron chi connectivity index (χ2n) is 5.12. The molecule has 2 unspecified atom stereocenters. The summed E-state index contributed by atoms with van der Waals surface area (Å²) in [5.41, 5.74) is 2.43. The number of methoxy groups -OCH3 is 1. The van der Waals surface area contributed by atoms with Gasteiger partial charge in [0.15, 0.2) is 0 Å². The lowest BCUT2D eigenvalue weighted by Crippen LogP contribution is -2.31. The Morgan fingerprint density at radius 2 is 2.26 bits per heavy atom. The molecular weight excluding hydrogens is 262 g/mol. The smallest absolute Gasteiger partial charge is 0.125 e. The van der Waals surface area contributed by atoms with E-state index in [0.29, 0.717) is 6.04 Å². The van der Waals surface area contributed by atoms with Crippen molar-refractivity contribution in [2.75, 3.05) is 20.8 Å². The fourth-order valence-electron chi connectivity index (χ4n) is 2.56. The SMILES string of the molecule is CNC(Cc1cc(Cl)cc2c1OCC2)CC(C)OC. The lowest BCUT2D eigenvalue weighted by atomic mass is 9.98. The molecule has 0 radical (unpaired) electrons. The molecule has 1 heterocycles. The molecule has 0 bridgehead atoms. The minimum absolute atomic E-state index is 0.241. The van der Waals surface area contributed by atoms with Crippen LogP contribution in [0.2, 0.25) is 5.02 Å². The van der Waals surface area contributed by atoms with Crippen molar-refractivity contribution in [3.05, 3.63) is 28.3 Å². The number of benzene rings is 1. The number of fused-ring (bicyclic) bond motifs is 1. The Bertz CT molecular complexity index is 436. The quantitative estimate of drug-likeness (QED) is 0.871. The van der Waals surface area contributed by atoms with Crippen molar-refractivity contribution in [1.29, 1.82) is 0 Å². The molecule has 19 heavy (non-hydrogen) atoms. The van der Waals surface area contributed by atoms with E-state index < -0.39 is 0 Å². The fourth-order valence-corrected chi connectivity index (χ4v) is 2.83. The fraction of sp³-hybridized carbons (Fsp3) is 0.600. The van der Waals surface area contributed by atoms with Gasteiger partial charge in [-0.25, -0.2) is 0 Å². The monoisotopic (exact) mass is 283 g/mol. The lowest BCUT2D eigenvalue weighted by molar-refractivity contribution is 0.101. The first-order chi connectivity index (χ1) is 9.13. The van der Waals surface area contributed by atoms with E-state index in [0.717, 1.165) is 36.6 Å². The molecule has 106 valence electrons. The summed E-state index contributed by atoms with van der Waals surface area (Å²) >= 11 is 6.19. The molecule has 0 aliphatic carbocycles. The maximum atomic E-state index is 6.19. The third kappa shape index (κ3) is 3.62. The Hall–Kier alpha value is -0.770. The average Bonchev–Trinajstić information content (AvgIpc) is 2.85. The van der Waals surface area contributed by atoms with Crippen molar-refractivity contribution in [3.8, 4) is 5.75 Å². The summed E-state index contributed by atoms with van der Waals surface area (Å²) in [5, 5.41) is 4.15. The molecular formula is C15H22ClNO2. The molecule has 0 aromatic heterocycles. The standard InChI is InChI=1S/C15H22ClNO2/c1-10(18-3)6-14(17-2)9-12-8-13(16)7-11-4-5-19-15(11)12/h7-8,10,14,17H,4-6,9H2,1-3H3. The predicted molar refractivity (Wildman–Crippen MR) is 78.3 cm³/mol. The molecule has 0 amide bonds. The van der Waals surface area contributed by atoms with Crippen LogP contribution < -0.4 is 10.1 Å². The minimum atomic E-state index is 0.241. The zero-order valence-electron chi connectivity index (χ0n) is 11.8. The Labute approximate surface area is 120 Å². The van der Waals surface area contributed by atoms with E-state index >= 15 is 0 Å². The second kappa shape index (κ2) is 6.60. The molecule has 4 heteroatoms. The summed E-state index contributed by atoms with van der Waals surface area (Å²) in [6, 6.07) is 4.40. The highest BCUT2D eigenvalue weighted by Gasteiger charge is 2.20. The minimum Gasteiger partial charge on any atom is -0.493 e. The van der Waals surface area contributed by atoms with Crippen molar-refractivity contribution in [2.45, 2.75) is 38.3 Å².